The van der Waals surface area contributed by atoms with Gasteiger partial charge in [-0.2, -0.15) is 5.10 Å². The smallest absolute Gasteiger partial charge is 0.254 e. The molecule has 2 saturated heterocycles. The van der Waals surface area contributed by atoms with E-state index in [0.29, 0.717) is 25.2 Å². The van der Waals surface area contributed by atoms with E-state index in [1.807, 2.05) is 29.2 Å². The molecule has 144 valence electrons. The van der Waals surface area contributed by atoms with Gasteiger partial charge in [-0.25, -0.2) is 9.67 Å². The number of carbonyl (C=O) groups is 1. The summed E-state index contributed by atoms with van der Waals surface area (Å²) in [4.78, 5) is 19.0. The number of hydrogen-bond acceptors (Lipinski definition) is 5. The number of rotatable bonds is 7. The Morgan fingerprint density at radius 2 is 1.74 bits per heavy atom. The van der Waals surface area contributed by atoms with Crippen LogP contribution < -0.4 is 0 Å². The van der Waals surface area contributed by atoms with Gasteiger partial charge < -0.3 is 14.4 Å². The standard InChI is InChI=1S/C20H26N4O3/c25-20(17-7-5-16(6-8-17)11-24-15-21-14-22-24)23(12-18-3-1-9-26-18)13-19-4-2-10-27-19/h5-8,14-15,18-19H,1-4,9-13H2/t18-,19+. The lowest BCUT2D eigenvalue weighted by molar-refractivity contribution is 0.0307. The minimum atomic E-state index is 0.0494. The van der Waals surface area contributed by atoms with Crippen LogP contribution in [0, 0.1) is 0 Å². The zero-order valence-electron chi connectivity index (χ0n) is 15.5. The van der Waals surface area contributed by atoms with Gasteiger partial charge in [-0.15, -0.1) is 0 Å². The maximum atomic E-state index is 13.1. The molecule has 1 amide bonds. The summed E-state index contributed by atoms with van der Waals surface area (Å²) in [6.07, 6.45) is 7.67. The quantitative estimate of drug-likeness (QED) is 0.747. The van der Waals surface area contributed by atoms with Crippen molar-refractivity contribution in [3.8, 4) is 0 Å². The summed E-state index contributed by atoms with van der Waals surface area (Å²) in [5.41, 5.74) is 1.79. The van der Waals surface area contributed by atoms with Crippen LogP contribution in [0.5, 0.6) is 0 Å². The summed E-state index contributed by atoms with van der Waals surface area (Å²) in [6.45, 7) is 3.51. The Kier molecular flexibility index (Phi) is 5.79. The lowest BCUT2D eigenvalue weighted by atomic mass is 10.1. The Labute approximate surface area is 159 Å². The molecule has 7 nitrogen and oxygen atoms in total. The van der Waals surface area contributed by atoms with Crippen molar-refractivity contribution < 1.29 is 14.3 Å². The molecule has 2 aliphatic heterocycles. The first-order chi connectivity index (χ1) is 13.3. The molecule has 1 aromatic carbocycles. The highest BCUT2D eigenvalue weighted by Crippen LogP contribution is 2.19. The number of benzene rings is 1. The van der Waals surface area contributed by atoms with E-state index in [-0.39, 0.29) is 18.1 Å². The van der Waals surface area contributed by atoms with Gasteiger partial charge in [0.2, 0.25) is 0 Å². The molecule has 4 rings (SSSR count). The number of hydrogen-bond donors (Lipinski definition) is 0. The third-order valence-electron chi connectivity index (χ3n) is 5.20. The Morgan fingerprint density at radius 3 is 2.26 bits per heavy atom. The molecule has 0 spiro atoms. The predicted molar refractivity (Wildman–Crippen MR) is 99.4 cm³/mol. The lowest BCUT2D eigenvalue weighted by Crippen LogP contribution is -2.42. The van der Waals surface area contributed by atoms with Crippen molar-refractivity contribution in [3.05, 3.63) is 48.0 Å². The van der Waals surface area contributed by atoms with Crippen LogP contribution in [0.2, 0.25) is 0 Å². The predicted octanol–water partition coefficient (Wildman–Crippen LogP) is 2.13. The van der Waals surface area contributed by atoms with Crippen LogP contribution in [-0.4, -0.2) is 64.1 Å². The van der Waals surface area contributed by atoms with Gasteiger partial charge in [0.1, 0.15) is 12.7 Å². The first-order valence-electron chi connectivity index (χ1n) is 9.72. The molecular formula is C20H26N4O3. The average Bonchev–Trinajstić information content (AvgIpc) is 3.45. The Morgan fingerprint density at radius 1 is 1.07 bits per heavy atom. The van der Waals surface area contributed by atoms with E-state index in [0.717, 1.165) is 44.5 Å². The molecule has 0 saturated carbocycles. The van der Waals surface area contributed by atoms with Gasteiger partial charge >= 0.3 is 0 Å². The lowest BCUT2D eigenvalue weighted by Gasteiger charge is -2.28. The molecular weight excluding hydrogens is 344 g/mol. The number of amides is 1. The molecule has 0 unspecified atom stereocenters. The van der Waals surface area contributed by atoms with Gasteiger partial charge in [0.05, 0.1) is 18.8 Å². The highest BCUT2D eigenvalue weighted by Gasteiger charge is 2.27. The second-order valence-corrected chi connectivity index (χ2v) is 7.27. The molecule has 7 heteroatoms. The topological polar surface area (TPSA) is 69.5 Å². The fourth-order valence-corrected chi connectivity index (χ4v) is 3.75. The number of ether oxygens (including phenoxy) is 2. The van der Waals surface area contributed by atoms with Crippen molar-refractivity contribution in [1.29, 1.82) is 0 Å². The number of nitrogens with zero attached hydrogens (tertiary/aromatic N) is 4. The zero-order chi connectivity index (χ0) is 18.5. The van der Waals surface area contributed by atoms with E-state index in [4.69, 9.17) is 9.47 Å². The molecule has 2 aromatic rings. The maximum Gasteiger partial charge on any atom is 0.254 e. The summed E-state index contributed by atoms with van der Waals surface area (Å²) in [6, 6.07) is 7.75. The molecule has 0 radical (unpaired) electrons. The summed E-state index contributed by atoms with van der Waals surface area (Å²) in [5.74, 6) is 0.0494. The van der Waals surface area contributed by atoms with Gasteiger partial charge in [-0.3, -0.25) is 4.79 Å². The summed E-state index contributed by atoms with van der Waals surface area (Å²) in [5, 5.41) is 4.11. The van der Waals surface area contributed by atoms with Gasteiger partial charge in [0.25, 0.3) is 5.91 Å². The molecule has 2 aliphatic rings. The van der Waals surface area contributed by atoms with E-state index in [9.17, 15) is 4.79 Å². The van der Waals surface area contributed by atoms with Crippen LogP contribution in [0.4, 0.5) is 0 Å². The number of aromatic nitrogens is 3. The summed E-state index contributed by atoms with van der Waals surface area (Å²) >= 11 is 0. The molecule has 3 heterocycles. The summed E-state index contributed by atoms with van der Waals surface area (Å²) in [7, 11) is 0. The van der Waals surface area contributed by atoms with Crippen molar-refractivity contribution in [1.82, 2.24) is 19.7 Å². The fraction of sp³-hybridized carbons (Fsp3) is 0.550. The highest BCUT2D eigenvalue weighted by atomic mass is 16.5. The van der Waals surface area contributed by atoms with Crippen LogP contribution in [0.25, 0.3) is 0 Å². The van der Waals surface area contributed by atoms with E-state index in [1.165, 1.54) is 6.33 Å². The van der Waals surface area contributed by atoms with E-state index in [1.54, 1.807) is 11.0 Å². The largest absolute Gasteiger partial charge is 0.376 e. The molecule has 1 aromatic heterocycles. The highest BCUT2D eigenvalue weighted by molar-refractivity contribution is 5.94. The van der Waals surface area contributed by atoms with E-state index >= 15 is 0 Å². The monoisotopic (exact) mass is 370 g/mol. The Hall–Kier alpha value is -2.25. The van der Waals surface area contributed by atoms with Gasteiger partial charge in [0.15, 0.2) is 0 Å². The third-order valence-corrected chi connectivity index (χ3v) is 5.20. The first-order valence-corrected chi connectivity index (χ1v) is 9.72. The Balaban J connectivity index is 1.43. The fourth-order valence-electron chi connectivity index (χ4n) is 3.75. The third kappa shape index (κ3) is 4.73. The van der Waals surface area contributed by atoms with Crippen LogP contribution in [-0.2, 0) is 16.0 Å². The molecule has 0 N–H and O–H groups in total. The van der Waals surface area contributed by atoms with E-state index < -0.39 is 0 Å². The van der Waals surface area contributed by atoms with E-state index in [2.05, 4.69) is 10.1 Å². The van der Waals surface area contributed by atoms with Gasteiger partial charge in [-0.05, 0) is 43.4 Å². The summed E-state index contributed by atoms with van der Waals surface area (Å²) < 4.78 is 13.3. The van der Waals surface area contributed by atoms with Crippen molar-refractivity contribution in [2.75, 3.05) is 26.3 Å². The molecule has 2 fully saturated rings. The Bertz CT molecular complexity index is 702. The van der Waals surface area contributed by atoms with Crippen molar-refractivity contribution in [2.24, 2.45) is 0 Å². The second-order valence-electron chi connectivity index (χ2n) is 7.27. The SMILES string of the molecule is O=C(c1ccc(Cn2cncn2)cc1)N(C[C@H]1CCCO1)C[C@@H]1CCCO1. The zero-order valence-corrected chi connectivity index (χ0v) is 15.5. The minimum Gasteiger partial charge on any atom is -0.376 e. The van der Waals surface area contributed by atoms with Gasteiger partial charge in [0, 0.05) is 31.9 Å². The molecule has 0 bridgehead atoms. The van der Waals surface area contributed by atoms with Crippen LogP contribution >= 0.6 is 0 Å². The van der Waals surface area contributed by atoms with Gasteiger partial charge in [-0.1, -0.05) is 12.1 Å². The maximum absolute atomic E-state index is 13.1. The first kappa shape index (κ1) is 18.1. The normalized spacial score (nSPS) is 22.2. The molecule has 2 atom stereocenters. The van der Waals surface area contributed by atoms with Crippen LogP contribution in [0.1, 0.15) is 41.6 Å². The average molecular weight is 370 g/mol. The minimum absolute atomic E-state index is 0.0494. The van der Waals surface area contributed by atoms with Crippen LogP contribution in [0.3, 0.4) is 0 Å². The van der Waals surface area contributed by atoms with Crippen molar-refractivity contribution >= 4 is 5.91 Å². The molecule has 0 aliphatic carbocycles. The van der Waals surface area contributed by atoms with Crippen LogP contribution in [0.15, 0.2) is 36.9 Å². The second kappa shape index (κ2) is 8.63. The van der Waals surface area contributed by atoms with Crippen molar-refractivity contribution in [3.63, 3.8) is 0 Å². The number of carbonyl (C=O) groups excluding carboxylic acids is 1. The van der Waals surface area contributed by atoms with Crippen molar-refractivity contribution in [2.45, 2.75) is 44.4 Å². The molecule has 27 heavy (non-hydrogen) atoms.